The van der Waals surface area contributed by atoms with Crippen molar-refractivity contribution >= 4 is 23.2 Å². The molecule has 0 fully saturated rings. The monoisotopic (exact) mass is 408 g/mol. The Morgan fingerprint density at radius 1 is 1.17 bits per heavy atom. The molecule has 3 aromatic rings. The fourth-order valence-corrected chi connectivity index (χ4v) is 4.82. The van der Waals surface area contributed by atoms with Gasteiger partial charge in [0.25, 0.3) is 5.91 Å². The number of carbonyl (C=O) groups is 2. The van der Waals surface area contributed by atoms with Crippen LogP contribution in [0.5, 0.6) is 0 Å². The van der Waals surface area contributed by atoms with E-state index in [1.807, 2.05) is 52.7 Å². The van der Waals surface area contributed by atoms with Gasteiger partial charge in [0.2, 0.25) is 5.91 Å². The zero-order valence-corrected chi connectivity index (χ0v) is 17.3. The Hall–Kier alpha value is -2.86. The predicted octanol–water partition coefficient (Wildman–Crippen LogP) is 4.59. The number of thiophene rings is 1. The fourth-order valence-electron chi connectivity index (χ4n) is 3.94. The number of nitrogens with zero attached hydrogens (tertiary/aromatic N) is 1. The van der Waals surface area contributed by atoms with Gasteiger partial charge >= 0.3 is 0 Å². The summed E-state index contributed by atoms with van der Waals surface area (Å²) in [5.41, 5.74) is 1.40. The molecule has 1 aliphatic rings. The molecule has 29 heavy (non-hydrogen) atoms. The van der Waals surface area contributed by atoms with Crippen LogP contribution < -0.4 is 5.32 Å². The molecule has 0 saturated heterocycles. The molecule has 150 valence electrons. The number of hydrogen-bond donors (Lipinski definition) is 1. The van der Waals surface area contributed by atoms with E-state index in [1.165, 1.54) is 0 Å². The van der Waals surface area contributed by atoms with E-state index in [2.05, 4.69) is 19.2 Å². The SMILES string of the molecule is CC(C)CN1C(=O)c2ccccc2[C@H](C(=O)NCc2ccco2)[C@@H]1c1cccs1. The molecule has 0 spiro atoms. The number of furan rings is 1. The van der Waals surface area contributed by atoms with Gasteiger partial charge in [-0.25, -0.2) is 0 Å². The first-order valence-corrected chi connectivity index (χ1v) is 10.7. The van der Waals surface area contributed by atoms with Crippen LogP contribution in [0.25, 0.3) is 0 Å². The number of fused-ring (bicyclic) bond motifs is 1. The minimum atomic E-state index is -0.476. The van der Waals surface area contributed by atoms with Gasteiger partial charge in [0, 0.05) is 17.0 Å². The first-order chi connectivity index (χ1) is 14.1. The minimum absolute atomic E-state index is 0.0113. The quantitative estimate of drug-likeness (QED) is 0.649. The van der Waals surface area contributed by atoms with E-state index in [0.29, 0.717) is 30.3 Å². The molecule has 2 atom stereocenters. The van der Waals surface area contributed by atoms with Gasteiger partial charge in [-0.1, -0.05) is 38.1 Å². The van der Waals surface area contributed by atoms with E-state index in [-0.39, 0.29) is 17.9 Å². The Labute approximate surface area is 174 Å². The lowest BCUT2D eigenvalue weighted by molar-refractivity contribution is -0.124. The first-order valence-electron chi connectivity index (χ1n) is 9.79. The molecule has 0 unspecified atom stereocenters. The molecule has 0 bridgehead atoms. The van der Waals surface area contributed by atoms with Gasteiger partial charge in [0.1, 0.15) is 5.76 Å². The van der Waals surface area contributed by atoms with Gasteiger partial charge in [0.15, 0.2) is 0 Å². The van der Waals surface area contributed by atoms with Crippen molar-refractivity contribution in [2.75, 3.05) is 6.54 Å². The largest absolute Gasteiger partial charge is 0.467 e. The Morgan fingerprint density at radius 2 is 2.00 bits per heavy atom. The smallest absolute Gasteiger partial charge is 0.254 e. The van der Waals surface area contributed by atoms with Crippen molar-refractivity contribution in [3.63, 3.8) is 0 Å². The molecule has 5 nitrogen and oxygen atoms in total. The molecule has 0 saturated carbocycles. The van der Waals surface area contributed by atoms with Gasteiger partial charge in [0.05, 0.1) is 24.8 Å². The van der Waals surface area contributed by atoms with E-state index in [9.17, 15) is 9.59 Å². The molecular weight excluding hydrogens is 384 g/mol. The lowest BCUT2D eigenvalue weighted by Crippen LogP contribution is -2.48. The average molecular weight is 409 g/mol. The lowest BCUT2D eigenvalue weighted by atomic mass is 9.81. The molecule has 0 aliphatic carbocycles. The maximum absolute atomic E-state index is 13.4. The standard InChI is InChI=1S/C23H24N2O3S/c1-15(2)14-25-21(19-10-6-12-29-19)20(17-8-3-4-9-18(17)23(25)27)22(26)24-13-16-7-5-11-28-16/h3-12,15,20-21H,13-14H2,1-2H3,(H,24,26)/t20-,21-/m0/s1. The summed E-state index contributed by atoms with van der Waals surface area (Å²) in [5.74, 6) is 0.399. The number of hydrogen-bond acceptors (Lipinski definition) is 4. The van der Waals surface area contributed by atoms with Gasteiger partial charge in [-0.05, 0) is 41.1 Å². The van der Waals surface area contributed by atoms with Crippen LogP contribution in [0.1, 0.15) is 52.4 Å². The van der Waals surface area contributed by atoms with Crippen molar-refractivity contribution < 1.29 is 14.0 Å². The van der Waals surface area contributed by atoms with Gasteiger partial charge in [-0.3, -0.25) is 9.59 Å². The highest BCUT2D eigenvalue weighted by Gasteiger charge is 2.44. The van der Waals surface area contributed by atoms with Crippen LogP contribution in [0.4, 0.5) is 0 Å². The molecule has 1 N–H and O–H groups in total. The molecule has 1 aliphatic heterocycles. The topological polar surface area (TPSA) is 62.6 Å². The number of benzene rings is 1. The van der Waals surface area contributed by atoms with E-state index < -0.39 is 5.92 Å². The normalized spacial score (nSPS) is 18.7. The molecule has 1 aromatic carbocycles. The van der Waals surface area contributed by atoms with E-state index in [0.717, 1.165) is 10.4 Å². The molecule has 2 amide bonds. The highest BCUT2D eigenvalue weighted by Crippen LogP contribution is 2.44. The van der Waals surface area contributed by atoms with Gasteiger partial charge in [-0.15, -0.1) is 11.3 Å². The fraction of sp³-hybridized carbons (Fsp3) is 0.304. The summed E-state index contributed by atoms with van der Waals surface area (Å²) in [6.07, 6.45) is 1.59. The summed E-state index contributed by atoms with van der Waals surface area (Å²) >= 11 is 1.58. The third kappa shape index (κ3) is 3.85. The van der Waals surface area contributed by atoms with Crippen LogP contribution in [0.2, 0.25) is 0 Å². The minimum Gasteiger partial charge on any atom is -0.467 e. The molecule has 2 aromatic heterocycles. The zero-order chi connectivity index (χ0) is 20.4. The van der Waals surface area contributed by atoms with Crippen LogP contribution in [0, 0.1) is 5.92 Å². The highest BCUT2D eigenvalue weighted by molar-refractivity contribution is 7.10. The van der Waals surface area contributed by atoms with Crippen molar-refractivity contribution in [2.45, 2.75) is 32.4 Å². The summed E-state index contributed by atoms with van der Waals surface area (Å²) in [4.78, 5) is 29.7. The summed E-state index contributed by atoms with van der Waals surface area (Å²) in [5, 5.41) is 5.00. The van der Waals surface area contributed by atoms with Crippen LogP contribution in [0.3, 0.4) is 0 Å². The number of rotatable bonds is 6. The van der Waals surface area contributed by atoms with Crippen molar-refractivity contribution in [1.82, 2.24) is 10.2 Å². The van der Waals surface area contributed by atoms with E-state index >= 15 is 0 Å². The van der Waals surface area contributed by atoms with Crippen molar-refractivity contribution in [1.29, 1.82) is 0 Å². The molecule has 0 radical (unpaired) electrons. The zero-order valence-electron chi connectivity index (χ0n) is 16.5. The third-order valence-electron chi connectivity index (χ3n) is 5.13. The maximum Gasteiger partial charge on any atom is 0.254 e. The van der Waals surface area contributed by atoms with Crippen LogP contribution in [-0.4, -0.2) is 23.3 Å². The maximum atomic E-state index is 13.4. The number of carbonyl (C=O) groups excluding carboxylic acids is 2. The third-order valence-corrected chi connectivity index (χ3v) is 6.08. The van der Waals surface area contributed by atoms with E-state index in [4.69, 9.17) is 4.42 Å². The Bertz CT molecular complexity index is 979. The van der Waals surface area contributed by atoms with Crippen LogP contribution >= 0.6 is 11.3 Å². The second kappa shape index (κ2) is 8.25. The van der Waals surface area contributed by atoms with Crippen LogP contribution in [0.15, 0.2) is 64.6 Å². The first kappa shape index (κ1) is 19.5. The average Bonchev–Trinajstić information content (AvgIpc) is 3.42. The second-order valence-corrected chi connectivity index (χ2v) is 8.65. The summed E-state index contributed by atoms with van der Waals surface area (Å²) in [7, 11) is 0. The number of nitrogens with one attached hydrogen (secondary N) is 1. The number of amides is 2. The van der Waals surface area contributed by atoms with Crippen molar-refractivity contribution in [3.8, 4) is 0 Å². The Balaban J connectivity index is 1.76. The highest BCUT2D eigenvalue weighted by atomic mass is 32.1. The Morgan fingerprint density at radius 3 is 2.69 bits per heavy atom. The van der Waals surface area contributed by atoms with Crippen molar-refractivity contribution in [3.05, 3.63) is 81.9 Å². The lowest BCUT2D eigenvalue weighted by Gasteiger charge is -2.42. The summed E-state index contributed by atoms with van der Waals surface area (Å²) in [6.45, 7) is 5.09. The predicted molar refractivity (Wildman–Crippen MR) is 113 cm³/mol. The van der Waals surface area contributed by atoms with E-state index in [1.54, 1.807) is 23.7 Å². The molecular formula is C23H24N2O3S. The Kier molecular flexibility index (Phi) is 5.53. The second-order valence-electron chi connectivity index (χ2n) is 7.67. The van der Waals surface area contributed by atoms with Crippen molar-refractivity contribution in [2.24, 2.45) is 5.92 Å². The molecule has 6 heteroatoms. The van der Waals surface area contributed by atoms with Crippen LogP contribution in [-0.2, 0) is 11.3 Å². The summed E-state index contributed by atoms with van der Waals surface area (Å²) in [6, 6.07) is 14.8. The molecule has 3 heterocycles. The van der Waals surface area contributed by atoms with Gasteiger partial charge in [-0.2, -0.15) is 0 Å². The van der Waals surface area contributed by atoms with Gasteiger partial charge < -0.3 is 14.6 Å². The molecule has 4 rings (SSSR count). The summed E-state index contributed by atoms with van der Waals surface area (Å²) < 4.78 is 5.35.